The van der Waals surface area contributed by atoms with Gasteiger partial charge in [-0.05, 0) is 31.9 Å². The zero-order valence-corrected chi connectivity index (χ0v) is 22.5. The molecule has 0 amide bonds. The molecule has 0 saturated heterocycles. The molecule has 1 atom stereocenters. The van der Waals surface area contributed by atoms with E-state index in [0.717, 1.165) is 5.56 Å². The molecule has 0 saturated carbocycles. The Morgan fingerprint density at radius 1 is 1.31 bits per heavy atom. The smallest absolute Gasteiger partial charge is 0.340 e. The van der Waals surface area contributed by atoms with Crippen LogP contribution in [0.15, 0.2) is 58.0 Å². The van der Waals surface area contributed by atoms with Gasteiger partial charge in [-0.25, -0.2) is 9.78 Å². The van der Waals surface area contributed by atoms with Crippen LogP contribution in [0.5, 0.6) is 0 Å². The first-order valence-corrected chi connectivity index (χ1v) is 13.7. The van der Waals surface area contributed by atoms with E-state index in [2.05, 4.69) is 18.5 Å². The van der Waals surface area contributed by atoms with Crippen molar-refractivity contribution in [1.82, 2.24) is 14.5 Å². The summed E-state index contributed by atoms with van der Waals surface area (Å²) < 4.78 is 6.71. The van der Waals surface area contributed by atoms with Crippen LogP contribution < -0.4 is 5.56 Å². The summed E-state index contributed by atoms with van der Waals surface area (Å²) in [6.07, 6.45) is 1.66. The van der Waals surface area contributed by atoms with Crippen LogP contribution in [0, 0.1) is 13.8 Å². The van der Waals surface area contributed by atoms with E-state index in [0.29, 0.717) is 50.6 Å². The molecule has 2 aromatic heterocycles. The number of nitrogens with zero attached hydrogens (tertiary/aromatic N) is 2. The summed E-state index contributed by atoms with van der Waals surface area (Å²) in [5.41, 5.74) is 3.12. The van der Waals surface area contributed by atoms with Crippen molar-refractivity contribution < 1.29 is 14.3 Å². The van der Waals surface area contributed by atoms with Crippen LogP contribution in [-0.4, -0.2) is 44.4 Å². The molecule has 4 rings (SSSR count). The molecule has 3 aromatic rings. The zero-order chi connectivity index (χ0) is 26.0. The van der Waals surface area contributed by atoms with E-state index < -0.39 is 11.4 Å². The van der Waals surface area contributed by atoms with E-state index >= 15 is 0 Å². The summed E-state index contributed by atoms with van der Waals surface area (Å²) in [6.45, 7) is 11.7. The summed E-state index contributed by atoms with van der Waals surface area (Å²) in [7, 11) is 0. The van der Waals surface area contributed by atoms with Crippen LogP contribution in [0.25, 0.3) is 0 Å². The van der Waals surface area contributed by atoms with Gasteiger partial charge in [-0.2, -0.15) is 0 Å². The number of hydrogen-bond acceptors (Lipinski definition) is 7. The van der Waals surface area contributed by atoms with Gasteiger partial charge in [-0.3, -0.25) is 14.2 Å². The summed E-state index contributed by atoms with van der Waals surface area (Å²) in [5.74, 6) is 0.145. The van der Waals surface area contributed by atoms with Crippen molar-refractivity contribution in [3.63, 3.8) is 0 Å². The second kappa shape index (κ2) is 10.5. The number of H-pyrrole nitrogens is 1. The Morgan fingerprint density at radius 3 is 2.69 bits per heavy atom. The first-order chi connectivity index (χ1) is 17.2. The van der Waals surface area contributed by atoms with Gasteiger partial charge in [-0.15, -0.1) is 18.3 Å². The monoisotopic (exact) mass is 523 g/mol. The molecule has 36 heavy (non-hydrogen) atoms. The van der Waals surface area contributed by atoms with Gasteiger partial charge >= 0.3 is 5.97 Å². The lowest BCUT2D eigenvalue weighted by Crippen LogP contribution is -2.35. The highest BCUT2D eigenvalue weighted by atomic mass is 32.2. The second-order valence-corrected chi connectivity index (χ2v) is 10.7. The van der Waals surface area contributed by atoms with E-state index in [-0.39, 0.29) is 23.7 Å². The maximum absolute atomic E-state index is 13.7. The van der Waals surface area contributed by atoms with Crippen molar-refractivity contribution in [1.29, 1.82) is 0 Å². The van der Waals surface area contributed by atoms with Gasteiger partial charge in [0.2, 0.25) is 0 Å². The molecule has 1 aliphatic heterocycles. The lowest BCUT2D eigenvalue weighted by molar-refractivity contribution is 0.0525. The Hall–Kier alpha value is -3.04. The topological polar surface area (TPSA) is 94.1 Å². The largest absolute Gasteiger partial charge is 0.462 e. The fourth-order valence-corrected chi connectivity index (χ4v) is 6.83. The molecule has 188 valence electrons. The number of aromatic nitrogens is 3. The number of aryl methyl sites for hydroxylation is 1. The molecule has 9 heteroatoms. The number of nitrogens with one attached hydrogen (secondary N) is 1. The first-order valence-electron chi connectivity index (χ1n) is 11.7. The number of allylic oxidation sites excluding steroid dienone is 1. The average molecular weight is 524 g/mol. The van der Waals surface area contributed by atoms with Crippen molar-refractivity contribution in [3.8, 4) is 0 Å². The standard InChI is InChI=1S/C27H29N3O4S2/c1-6-13-30-24(32)21-23(36-15-27(21,5)18-11-9-8-10-12-18)29-26(30)35-14-19(31)22-16(3)20(17(4)28-22)25(33)34-7-2/h6,8-12,28H,1,7,13-15H2,2-5H3. The number of ether oxygens (including phenoxy) is 1. The van der Waals surface area contributed by atoms with Gasteiger partial charge in [-0.1, -0.05) is 55.1 Å². The fraction of sp³-hybridized carbons (Fsp3) is 0.333. The lowest BCUT2D eigenvalue weighted by Gasteiger charge is -2.25. The fourth-order valence-electron chi connectivity index (χ4n) is 4.55. The number of rotatable bonds is 9. The van der Waals surface area contributed by atoms with Gasteiger partial charge in [0.25, 0.3) is 5.56 Å². The minimum absolute atomic E-state index is 0.0616. The number of Topliss-reactive ketones (excluding diaryl/α,β-unsaturated/α-hetero) is 1. The van der Waals surface area contributed by atoms with Gasteiger partial charge < -0.3 is 9.72 Å². The van der Waals surface area contributed by atoms with Crippen LogP contribution >= 0.6 is 23.5 Å². The number of esters is 1. The normalized spacial score (nSPS) is 16.6. The van der Waals surface area contributed by atoms with Crippen molar-refractivity contribution in [2.45, 2.75) is 49.8 Å². The Bertz CT molecular complexity index is 1390. The molecule has 0 aliphatic carbocycles. The number of aromatic amines is 1. The van der Waals surface area contributed by atoms with Crippen molar-refractivity contribution in [2.75, 3.05) is 18.1 Å². The van der Waals surface area contributed by atoms with E-state index in [1.165, 1.54) is 11.8 Å². The van der Waals surface area contributed by atoms with Crippen LogP contribution in [0.3, 0.4) is 0 Å². The van der Waals surface area contributed by atoms with Crippen molar-refractivity contribution >= 4 is 35.3 Å². The Morgan fingerprint density at radius 2 is 2.03 bits per heavy atom. The number of carbonyl (C=O) groups excluding carboxylic acids is 2. The highest BCUT2D eigenvalue weighted by Gasteiger charge is 2.41. The molecule has 0 fully saturated rings. The predicted octanol–water partition coefficient (Wildman–Crippen LogP) is 4.94. The van der Waals surface area contributed by atoms with Gasteiger partial charge in [0.1, 0.15) is 5.03 Å². The third-order valence-corrected chi connectivity index (χ3v) is 8.67. The molecular weight excluding hydrogens is 494 g/mol. The molecule has 1 aliphatic rings. The average Bonchev–Trinajstić information content (AvgIpc) is 3.36. The molecule has 0 bridgehead atoms. The van der Waals surface area contributed by atoms with Crippen LogP contribution in [-0.2, 0) is 16.7 Å². The molecule has 3 heterocycles. The Labute approximate surface area is 218 Å². The van der Waals surface area contributed by atoms with Crippen LogP contribution in [0.2, 0.25) is 0 Å². The van der Waals surface area contributed by atoms with Gasteiger partial charge in [0, 0.05) is 23.4 Å². The number of fused-ring (bicyclic) bond motifs is 1. The zero-order valence-electron chi connectivity index (χ0n) is 20.8. The van der Waals surface area contributed by atoms with E-state index in [4.69, 9.17) is 9.72 Å². The van der Waals surface area contributed by atoms with Gasteiger partial charge in [0.15, 0.2) is 10.9 Å². The SMILES string of the molecule is C=CCn1c(SCC(=O)c2[nH]c(C)c(C(=O)OCC)c2C)nc2c(c1=O)C(C)(c1ccccc1)CS2. The molecule has 1 aromatic carbocycles. The quantitative estimate of drug-likeness (QED) is 0.106. The Kier molecular flexibility index (Phi) is 7.61. The molecule has 0 radical (unpaired) electrons. The maximum atomic E-state index is 13.7. The molecule has 7 nitrogen and oxygen atoms in total. The third-order valence-electron chi connectivity index (χ3n) is 6.40. The van der Waals surface area contributed by atoms with E-state index in [9.17, 15) is 14.4 Å². The number of carbonyl (C=O) groups is 2. The van der Waals surface area contributed by atoms with E-state index in [1.807, 2.05) is 30.3 Å². The highest BCUT2D eigenvalue weighted by molar-refractivity contribution is 8.00. The number of ketones is 1. The molecule has 0 spiro atoms. The van der Waals surface area contributed by atoms with Crippen molar-refractivity contribution in [3.05, 3.63) is 87.0 Å². The summed E-state index contributed by atoms with van der Waals surface area (Å²) in [5, 5.41) is 1.18. The van der Waals surface area contributed by atoms with Crippen LogP contribution in [0.1, 0.15) is 57.1 Å². The number of hydrogen-bond donors (Lipinski definition) is 1. The van der Waals surface area contributed by atoms with Gasteiger partial charge in [0.05, 0.1) is 29.2 Å². The first kappa shape index (κ1) is 26.0. The molecule has 1 N–H and O–H groups in total. The maximum Gasteiger partial charge on any atom is 0.340 e. The van der Waals surface area contributed by atoms with E-state index in [1.54, 1.807) is 43.2 Å². The third kappa shape index (κ3) is 4.57. The number of thioether (sulfide) groups is 2. The molecule has 1 unspecified atom stereocenters. The Balaban J connectivity index is 1.65. The number of benzene rings is 1. The summed E-state index contributed by atoms with van der Waals surface area (Å²) in [4.78, 5) is 47.0. The predicted molar refractivity (Wildman–Crippen MR) is 144 cm³/mol. The lowest BCUT2D eigenvalue weighted by atomic mass is 9.79. The minimum atomic E-state index is -0.450. The van der Waals surface area contributed by atoms with Crippen LogP contribution in [0.4, 0.5) is 0 Å². The highest BCUT2D eigenvalue weighted by Crippen LogP contribution is 2.45. The second-order valence-electron chi connectivity index (χ2n) is 8.82. The van der Waals surface area contributed by atoms with Crippen molar-refractivity contribution in [2.24, 2.45) is 0 Å². The molecular formula is C27H29N3O4S2. The summed E-state index contributed by atoms with van der Waals surface area (Å²) >= 11 is 2.78. The minimum Gasteiger partial charge on any atom is -0.462 e. The summed E-state index contributed by atoms with van der Waals surface area (Å²) in [6, 6.07) is 10.0.